The third-order valence-corrected chi connectivity index (χ3v) is 5.33. The van der Waals surface area contributed by atoms with Gasteiger partial charge < -0.3 is 10.3 Å². The number of nitrogens with zero attached hydrogens (tertiary/aromatic N) is 1. The fourth-order valence-corrected chi connectivity index (χ4v) is 3.54. The summed E-state index contributed by atoms with van der Waals surface area (Å²) in [7, 11) is 0. The zero-order valence-electron chi connectivity index (χ0n) is 16.1. The molecule has 5 nitrogen and oxygen atoms in total. The van der Waals surface area contributed by atoms with Crippen LogP contribution in [0.2, 0.25) is 0 Å². The van der Waals surface area contributed by atoms with Crippen LogP contribution in [0.4, 0.5) is 17.6 Å². The molecular formula is C22H17F4N3O2. The highest BCUT2D eigenvalue weighted by molar-refractivity contribution is 5.86. The molecule has 0 aliphatic heterocycles. The van der Waals surface area contributed by atoms with Gasteiger partial charge in [0.25, 0.3) is 5.56 Å². The lowest BCUT2D eigenvalue weighted by atomic mass is 9.82. The maximum Gasteiger partial charge on any atom is 0.252 e. The van der Waals surface area contributed by atoms with E-state index in [9.17, 15) is 27.2 Å². The van der Waals surface area contributed by atoms with Crippen molar-refractivity contribution < 1.29 is 22.4 Å². The first-order valence-corrected chi connectivity index (χ1v) is 9.58. The average Bonchev–Trinajstić information content (AvgIpc) is 2.69. The molecule has 0 saturated carbocycles. The Bertz CT molecular complexity index is 1260. The molecule has 0 fully saturated rings. The minimum Gasteiger partial charge on any atom is -0.350 e. The molecule has 2 heterocycles. The van der Waals surface area contributed by atoms with Gasteiger partial charge in [-0.3, -0.25) is 14.6 Å². The van der Waals surface area contributed by atoms with Crippen molar-refractivity contribution in [2.75, 3.05) is 0 Å². The molecule has 1 amide bonds. The van der Waals surface area contributed by atoms with Crippen LogP contribution in [0, 0.1) is 29.2 Å². The smallest absolute Gasteiger partial charge is 0.252 e. The van der Waals surface area contributed by atoms with Crippen LogP contribution in [0.15, 0.2) is 47.4 Å². The summed E-state index contributed by atoms with van der Waals surface area (Å²) < 4.78 is 54.8. The zero-order valence-corrected chi connectivity index (χ0v) is 16.1. The molecule has 160 valence electrons. The molecule has 2 atom stereocenters. The van der Waals surface area contributed by atoms with Gasteiger partial charge in [0.05, 0.1) is 29.9 Å². The Balaban J connectivity index is 1.66. The van der Waals surface area contributed by atoms with Gasteiger partial charge in [-0.05, 0) is 37.0 Å². The summed E-state index contributed by atoms with van der Waals surface area (Å²) in [5.41, 5.74) is -0.694. The normalized spacial score (nSPS) is 16.2. The summed E-state index contributed by atoms with van der Waals surface area (Å²) in [4.78, 5) is 31.7. The molecule has 2 aromatic heterocycles. The summed E-state index contributed by atoms with van der Waals surface area (Å²) in [5.74, 6) is -5.54. The number of benzene rings is 1. The van der Waals surface area contributed by atoms with Crippen molar-refractivity contribution in [3.63, 3.8) is 0 Å². The molecule has 1 unspecified atom stereocenters. The van der Waals surface area contributed by atoms with Gasteiger partial charge in [0.1, 0.15) is 11.6 Å². The van der Waals surface area contributed by atoms with Crippen LogP contribution < -0.4 is 10.9 Å². The number of hydrogen-bond donors (Lipinski definition) is 2. The summed E-state index contributed by atoms with van der Waals surface area (Å²) in [6, 6.07) is 3.97. The minimum absolute atomic E-state index is 0.0256. The number of hydrogen-bond acceptors (Lipinski definition) is 3. The molecule has 1 aliphatic carbocycles. The third-order valence-electron chi connectivity index (χ3n) is 5.33. The molecule has 0 bridgehead atoms. The molecule has 1 aliphatic rings. The Kier molecular flexibility index (Phi) is 5.58. The van der Waals surface area contributed by atoms with Crippen LogP contribution in [0.25, 0.3) is 10.9 Å². The number of H-pyrrole nitrogens is 1. The van der Waals surface area contributed by atoms with Gasteiger partial charge in [-0.1, -0.05) is 12.2 Å². The molecule has 2 N–H and O–H groups in total. The van der Waals surface area contributed by atoms with Crippen LogP contribution in [0.5, 0.6) is 0 Å². The lowest BCUT2D eigenvalue weighted by molar-refractivity contribution is -0.123. The lowest BCUT2D eigenvalue weighted by Crippen LogP contribution is -2.34. The van der Waals surface area contributed by atoms with E-state index in [0.717, 1.165) is 12.3 Å². The molecule has 3 aromatic rings. The molecule has 1 aromatic carbocycles. The molecule has 0 saturated heterocycles. The first-order chi connectivity index (χ1) is 14.8. The Labute approximate surface area is 173 Å². The van der Waals surface area contributed by atoms with Crippen LogP contribution >= 0.6 is 0 Å². The van der Waals surface area contributed by atoms with Crippen LogP contribution in [0.1, 0.15) is 30.0 Å². The van der Waals surface area contributed by atoms with Crippen molar-refractivity contribution in [1.82, 2.24) is 15.3 Å². The number of pyridine rings is 2. The van der Waals surface area contributed by atoms with Gasteiger partial charge in [-0.2, -0.15) is 0 Å². The van der Waals surface area contributed by atoms with Crippen LogP contribution in [-0.4, -0.2) is 15.9 Å². The van der Waals surface area contributed by atoms with E-state index in [2.05, 4.69) is 15.3 Å². The first kappa shape index (κ1) is 20.8. The van der Waals surface area contributed by atoms with E-state index in [1.165, 1.54) is 12.1 Å². The van der Waals surface area contributed by atoms with Crippen molar-refractivity contribution in [2.24, 2.45) is 5.92 Å². The number of aromatic amines is 1. The number of rotatable bonds is 6. The monoisotopic (exact) mass is 431 g/mol. The highest BCUT2D eigenvalue weighted by atomic mass is 19.2. The van der Waals surface area contributed by atoms with E-state index in [1.54, 1.807) is 0 Å². The Morgan fingerprint density at radius 1 is 1.19 bits per heavy atom. The minimum atomic E-state index is -1.13. The van der Waals surface area contributed by atoms with E-state index in [1.807, 2.05) is 12.2 Å². The van der Waals surface area contributed by atoms with Gasteiger partial charge in [0, 0.05) is 17.0 Å². The number of allylic oxidation sites excluding steroid dienone is 2. The Hall–Kier alpha value is -3.49. The second-order valence-electron chi connectivity index (χ2n) is 7.39. The lowest BCUT2D eigenvalue weighted by Gasteiger charge is -2.24. The highest BCUT2D eigenvalue weighted by Gasteiger charge is 2.28. The SMILES string of the molecule is O=C(NCc1ncc(F)cc1F)[C@H](CC1C=CC1)c1cc2c(F)c(F)ccc2[nH]c1=O. The van der Waals surface area contributed by atoms with Gasteiger partial charge in [-0.15, -0.1) is 0 Å². The first-order valence-electron chi connectivity index (χ1n) is 9.58. The van der Waals surface area contributed by atoms with E-state index >= 15 is 0 Å². The molecule has 31 heavy (non-hydrogen) atoms. The predicted octanol–water partition coefficient (Wildman–Crippen LogP) is 3.85. The third kappa shape index (κ3) is 4.21. The van der Waals surface area contributed by atoms with Crippen molar-refractivity contribution in [3.8, 4) is 0 Å². The van der Waals surface area contributed by atoms with Crippen molar-refractivity contribution >= 4 is 16.8 Å². The number of carbonyl (C=O) groups is 1. The van der Waals surface area contributed by atoms with Crippen molar-refractivity contribution in [1.29, 1.82) is 0 Å². The quantitative estimate of drug-likeness (QED) is 0.460. The Morgan fingerprint density at radius 2 is 1.97 bits per heavy atom. The number of carbonyl (C=O) groups excluding carboxylic acids is 1. The number of amides is 1. The predicted molar refractivity (Wildman–Crippen MR) is 105 cm³/mol. The zero-order chi connectivity index (χ0) is 22.1. The van der Waals surface area contributed by atoms with Gasteiger partial charge in [0.2, 0.25) is 5.91 Å². The van der Waals surface area contributed by atoms with Crippen LogP contribution in [0.3, 0.4) is 0 Å². The maximum absolute atomic E-state index is 14.3. The second-order valence-corrected chi connectivity index (χ2v) is 7.39. The number of nitrogens with one attached hydrogen (secondary N) is 2. The fourth-order valence-electron chi connectivity index (χ4n) is 3.54. The van der Waals surface area contributed by atoms with Crippen LogP contribution in [-0.2, 0) is 11.3 Å². The fraction of sp³-hybridized carbons (Fsp3) is 0.227. The summed E-state index contributed by atoms with van der Waals surface area (Å²) in [6.07, 6.45) is 5.60. The van der Waals surface area contributed by atoms with Crippen molar-refractivity contribution in [3.05, 3.63) is 87.5 Å². The summed E-state index contributed by atoms with van der Waals surface area (Å²) >= 11 is 0. The number of halogens is 4. The average molecular weight is 431 g/mol. The second kappa shape index (κ2) is 8.33. The van der Waals surface area contributed by atoms with E-state index in [4.69, 9.17) is 0 Å². The van der Waals surface area contributed by atoms with E-state index < -0.39 is 40.7 Å². The molecule has 9 heteroatoms. The summed E-state index contributed by atoms with van der Waals surface area (Å²) in [5, 5.41) is 2.35. The number of fused-ring (bicyclic) bond motifs is 1. The summed E-state index contributed by atoms with van der Waals surface area (Å²) in [6.45, 7) is -0.323. The molecule has 4 rings (SSSR count). The molecule has 0 radical (unpaired) electrons. The standard InChI is InChI=1S/C22H17F4N3O2/c23-12-7-17(25)19(27-9-12)10-28-21(30)13(6-11-2-1-3-11)14-8-15-18(29-22(14)31)5-4-16(24)20(15)26/h1-2,4-5,7-9,11,13H,3,6,10H2,(H,28,30)(H,29,31)/t11?,13-/m1/s1. The largest absolute Gasteiger partial charge is 0.350 e. The molecular weight excluding hydrogens is 414 g/mol. The van der Waals surface area contributed by atoms with Crippen molar-refractivity contribution in [2.45, 2.75) is 25.3 Å². The Morgan fingerprint density at radius 3 is 2.65 bits per heavy atom. The highest BCUT2D eigenvalue weighted by Crippen LogP contribution is 2.31. The number of aromatic nitrogens is 2. The maximum atomic E-state index is 14.3. The van der Waals surface area contributed by atoms with E-state index in [-0.39, 0.29) is 41.0 Å². The van der Waals surface area contributed by atoms with E-state index in [0.29, 0.717) is 12.5 Å². The van der Waals surface area contributed by atoms with Gasteiger partial charge >= 0.3 is 0 Å². The van der Waals surface area contributed by atoms with Gasteiger partial charge in [0.15, 0.2) is 11.6 Å². The van der Waals surface area contributed by atoms with Gasteiger partial charge in [-0.25, -0.2) is 17.6 Å². The molecule has 0 spiro atoms. The topological polar surface area (TPSA) is 74.8 Å².